The average Bonchev–Trinajstić information content (AvgIpc) is 3.78. The highest BCUT2D eigenvalue weighted by atomic mass is 32.2. The van der Waals surface area contributed by atoms with Crippen LogP contribution in [0.4, 0.5) is 0 Å². The molecule has 4 heterocycles. The number of phenolic OH excluding ortho intramolecular Hbond substituents is 1. The Labute approximate surface area is 360 Å². The van der Waals surface area contributed by atoms with Gasteiger partial charge in [0.2, 0.25) is 53.2 Å². The number of amides is 9. The Balaban J connectivity index is 1.70. The van der Waals surface area contributed by atoms with Gasteiger partial charge < -0.3 is 68.2 Å². The van der Waals surface area contributed by atoms with Gasteiger partial charge in [-0.2, -0.15) is 0 Å². The fourth-order valence-corrected chi connectivity index (χ4v) is 8.57. The molecule has 1 fully saturated rings. The molecule has 338 valence electrons. The predicted octanol–water partition coefficient (Wildman–Crippen LogP) is -3.91. The van der Waals surface area contributed by atoms with Gasteiger partial charge in [0.15, 0.2) is 0 Å². The predicted molar refractivity (Wildman–Crippen MR) is 220 cm³/mol. The van der Waals surface area contributed by atoms with Crippen LogP contribution in [0.15, 0.2) is 23.2 Å². The molecule has 3 aliphatic heterocycles. The molecule has 0 spiro atoms. The van der Waals surface area contributed by atoms with E-state index in [-0.39, 0.29) is 24.3 Å². The lowest BCUT2D eigenvalue weighted by molar-refractivity contribution is -0.144. The number of nitrogens with zero attached hydrogens (tertiary/aromatic N) is 1. The molecular formula is C39H54N10O12S. The second-order valence-corrected chi connectivity index (χ2v) is 17.0. The third-order valence-electron chi connectivity index (χ3n) is 11.3. The molecule has 2 aromatic rings. The summed E-state index contributed by atoms with van der Waals surface area (Å²) in [4.78, 5) is 128. The molecule has 0 unspecified atom stereocenters. The minimum absolute atomic E-state index is 0.127. The number of aliphatic hydroxyl groups excluding tert-OH is 2. The van der Waals surface area contributed by atoms with Gasteiger partial charge in [0.05, 0.1) is 42.3 Å². The van der Waals surface area contributed by atoms with Crippen LogP contribution in [0.1, 0.15) is 52.5 Å². The van der Waals surface area contributed by atoms with Crippen LogP contribution in [0.3, 0.4) is 0 Å². The van der Waals surface area contributed by atoms with Gasteiger partial charge >= 0.3 is 0 Å². The maximum atomic E-state index is 14.4. The number of aliphatic hydroxyl groups is 2. The van der Waals surface area contributed by atoms with Gasteiger partial charge in [0.1, 0.15) is 42.0 Å². The van der Waals surface area contributed by atoms with Gasteiger partial charge in [0.25, 0.3) is 0 Å². The number of H-pyrrole nitrogens is 1. The van der Waals surface area contributed by atoms with E-state index in [4.69, 9.17) is 5.73 Å². The first-order valence-electron chi connectivity index (χ1n) is 20.2. The van der Waals surface area contributed by atoms with Crippen LogP contribution in [0.2, 0.25) is 0 Å². The number of aromatic amines is 1. The summed E-state index contributed by atoms with van der Waals surface area (Å²) in [5.74, 6) is -10.0. The van der Waals surface area contributed by atoms with Crippen LogP contribution < -0.4 is 43.0 Å². The molecule has 22 nitrogen and oxygen atoms in total. The third-order valence-corrected chi connectivity index (χ3v) is 12.5. The Morgan fingerprint density at radius 2 is 1.53 bits per heavy atom. The van der Waals surface area contributed by atoms with Gasteiger partial charge in [-0.25, -0.2) is 0 Å². The fourth-order valence-electron chi connectivity index (χ4n) is 7.45. The molecule has 5 rings (SSSR count). The molecule has 2 bridgehead atoms. The monoisotopic (exact) mass is 886 g/mol. The molecule has 3 aliphatic rings. The maximum Gasteiger partial charge on any atom is 0.246 e. The first kappa shape index (κ1) is 47.1. The molecule has 23 heteroatoms. The van der Waals surface area contributed by atoms with Crippen molar-refractivity contribution in [1.29, 1.82) is 0 Å². The van der Waals surface area contributed by atoms with E-state index in [0.29, 0.717) is 27.9 Å². The number of carbonyl (C=O) groups excluding carboxylic acids is 9. The van der Waals surface area contributed by atoms with Crippen molar-refractivity contribution in [1.82, 2.24) is 47.1 Å². The molecule has 10 atom stereocenters. The number of rotatable bonds is 6. The molecular weight excluding hydrogens is 833 g/mol. The number of phenols is 1. The van der Waals surface area contributed by atoms with Crippen LogP contribution in [0, 0.1) is 11.8 Å². The van der Waals surface area contributed by atoms with Crippen molar-refractivity contribution >= 4 is 75.8 Å². The largest absolute Gasteiger partial charge is 0.508 e. The Bertz CT molecular complexity index is 2100. The van der Waals surface area contributed by atoms with E-state index in [1.165, 1.54) is 26.0 Å². The summed E-state index contributed by atoms with van der Waals surface area (Å²) in [6.45, 7) is 4.55. The SMILES string of the molecule is CC[C@H](C)[C@@H]1NC(=O)CNC(=O)[C@H]2Cc3c([nH]c4cc(O)ccc34)SC[C@H](NC(=O)CNC1=O)C(=O)N[C@@H](CC(N)=O)C(=O)N1C[C@H](O)C[C@H]1C(=O)N[C@@H]([C@@H](C)[C@H](C)O)C(=O)N2. The number of carbonyl (C=O) groups is 9. The molecule has 1 aromatic heterocycles. The van der Waals surface area contributed by atoms with Crippen molar-refractivity contribution in [3.63, 3.8) is 0 Å². The first-order valence-corrected chi connectivity index (χ1v) is 21.2. The van der Waals surface area contributed by atoms with Crippen LogP contribution in [0.5, 0.6) is 5.75 Å². The zero-order valence-electron chi connectivity index (χ0n) is 34.6. The summed E-state index contributed by atoms with van der Waals surface area (Å²) in [6, 6.07) is -4.58. The number of primary amides is 1. The fraction of sp³-hybridized carbons (Fsp3) is 0.564. The molecule has 0 saturated carbocycles. The van der Waals surface area contributed by atoms with E-state index >= 15 is 0 Å². The van der Waals surface area contributed by atoms with E-state index < -0.39 is 140 Å². The highest BCUT2D eigenvalue weighted by molar-refractivity contribution is 7.99. The van der Waals surface area contributed by atoms with Crippen molar-refractivity contribution in [3.8, 4) is 5.75 Å². The normalized spacial score (nSPS) is 27.8. The summed E-state index contributed by atoms with van der Waals surface area (Å²) in [5.41, 5.74) is 6.26. The zero-order valence-corrected chi connectivity index (χ0v) is 35.4. The molecule has 9 amide bonds. The Kier molecular flexibility index (Phi) is 15.4. The van der Waals surface area contributed by atoms with Crippen molar-refractivity contribution in [2.45, 2.75) is 107 Å². The van der Waals surface area contributed by atoms with Crippen molar-refractivity contribution in [3.05, 3.63) is 23.8 Å². The number of benzene rings is 1. The van der Waals surface area contributed by atoms with Crippen LogP contribution in [-0.4, -0.2) is 152 Å². The summed E-state index contributed by atoms with van der Waals surface area (Å²) in [5, 5.41) is 50.2. The van der Waals surface area contributed by atoms with Crippen molar-refractivity contribution in [2.75, 3.05) is 25.4 Å². The van der Waals surface area contributed by atoms with Gasteiger partial charge in [-0.3, -0.25) is 43.2 Å². The van der Waals surface area contributed by atoms with E-state index in [2.05, 4.69) is 42.2 Å². The third kappa shape index (κ3) is 11.3. The van der Waals surface area contributed by atoms with Crippen molar-refractivity contribution in [2.24, 2.45) is 17.6 Å². The standard InChI is InChI=1S/C39H54N10O12S/c1-5-16(2)31-36(59)42-12-29(54)43-26-15-62-38-22(21-7-6-19(51)8-23(21)46-38)10-24(33(56)41-13-30(55)47-31)44-37(60)32(17(3)18(4)50)48-35(58)27-9-20(52)14-49(27)39(61)25(11-28(40)53)45-34(26)57/h6-8,16-18,20,24-27,31-32,46,50-52H,5,9-15H2,1-4H3,(H2,40,53)(H,41,56)(H,42,59)(H,43,54)(H,44,60)(H,45,57)(H,47,55)(H,48,58)/t16-,17-,18-,20+,24+,25-,26-,27-,31-,32-/m0/s1. The number of aromatic hydroxyl groups is 1. The van der Waals surface area contributed by atoms with Crippen LogP contribution in [0.25, 0.3) is 10.9 Å². The summed E-state index contributed by atoms with van der Waals surface area (Å²) >= 11 is 0.974. The highest BCUT2D eigenvalue weighted by Crippen LogP contribution is 2.33. The van der Waals surface area contributed by atoms with E-state index in [0.717, 1.165) is 16.7 Å². The molecule has 13 N–H and O–H groups in total. The van der Waals surface area contributed by atoms with Crippen molar-refractivity contribution < 1.29 is 58.5 Å². The Morgan fingerprint density at radius 3 is 2.19 bits per heavy atom. The number of hydrogen-bond donors (Lipinski definition) is 12. The Morgan fingerprint density at radius 1 is 0.855 bits per heavy atom. The average molecular weight is 887 g/mol. The number of aromatic nitrogens is 1. The van der Waals surface area contributed by atoms with Gasteiger partial charge in [0, 0.05) is 42.5 Å². The Hall–Kier alpha value is -5.94. The number of fused-ring (bicyclic) bond motifs is 5. The van der Waals surface area contributed by atoms with Gasteiger partial charge in [-0.05, 0) is 30.5 Å². The quantitative estimate of drug-likeness (QED) is 0.132. The summed E-state index contributed by atoms with van der Waals surface area (Å²) < 4.78 is 0. The minimum atomic E-state index is -1.71. The summed E-state index contributed by atoms with van der Waals surface area (Å²) in [6.07, 6.45) is -3.44. The van der Waals surface area contributed by atoms with Gasteiger partial charge in [-0.1, -0.05) is 27.2 Å². The van der Waals surface area contributed by atoms with E-state index in [1.807, 2.05) is 0 Å². The molecule has 1 aromatic carbocycles. The first-order chi connectivity index (χ1) is 29.3. The number of thioether (sulfide) groups is 1. The summed E-state index contributed by atoms with van der Waals surface area (Å²) in [7, 11) is 0. The van der Waals surface area contributed by atoms with Crippen LogP contribution in [-0.2, 0) is 49.6 Å². The zero-order chi connectivity index (χ0) is 45.6. The number of hydrogen-bond acceptors (Lipinski definition) is 13. The second-order valence-electron chi connectivity index (χ2n) is 15.9. The number of nitrogens with two attached hydrogens (primary N) is 1. The second kappa shape index (κ2) is 20.3. The molecule has 0 radical (unpaired) electrons. The molecule has 0 aliphatic carbocycles. The highest BCUT2D eigenvalue weighted by Gasteiger charge is 2.44. The molecule has 62 heavy (non-hydrogen) atoms. The lowest BCUT2D eigenvalue weighted by Crippen LogP contribution is -2.61. The van der Waals surface area contributed by atoms with E-state index in [1.54, 1.807) is 19.9 Å². The number of nitrogens with one attached hydrogen (secondary N) is 8. The minimum Gasteiger partial charge on any atom is -0.508 e. The maximum absolute atomic E-state index is 14.4. The topological polar surface area (TPSA) is 344 Å². The smallest absolute Gasteiger partial charge is 0.246 e. The lowest BCUT2D eigenvalue weighted by Gasteiger charge is -2.32. The van der Waals surface area contributed by atoms with E-state index in [9.17, 15) is 58.5 Å². The lowest BCUT2D eigenvalue weighted by atomic mass is 9.94. The molecule has 1 saturated heterocycles. The van der Waals surface area contributed by atoms with Crippen LogP contribution >= 0.6 is 11.8 Å². The van der Waals surface area contributed by atoms with Gasteiger partial charge in [-0.15, -0.1) is 11.8 Å².